The molecule has 0 saturated carbocycles. The van der Waals surface area contributed by atoms with E-state index >= 15 is 0 Å². The lowest BCUT2D eigenvalue weighted by molar-refractivity contribution is 0.199. The van der Waals surface area contributed by atoms with Crippen molar-refractivity contribution in [3.05, 3.63) is 58.9 Å². The number of aromatic nitrogens is 1. The molecule has 2 nitrogen and oxygen atoms in total. The fourth-order valence-corrected chi connectivity index (χ4v) is 2.72. The van der Waals surface area contributed by atoms with E-state index in [0.717, 1.165) is 10.5 Å². The number of pyridine rings is 1. The quantitative estimate of drug-likeness (QED) is 0.863. The molecule has 0 aliphatic heterocycles. The van der Waals surface area contributed by atoms with Gasteiger partial charge >= 0.3 is 0 Å². The van der Waals surface area contributed by atoms with Crippen LogP contribution in [0.5, 0.6) is 0 Å². The zero-order chi connectivity index (χ0) is 13.0. The molecule has 4 heteroatoms. The summed E-state index contributed by atoms with van der Waals surface area (Å²) in [4.78, 5) is 5.23. The largest absolute Gasteiger partial charge is 0.386 e. The monoisotopic (exact) mass is 279 g/mol. The summed E-state index contributed by atoms with van der Waals surface area (Å²) in [6, 6.07) is 11.4. The molecule has 2 aromatic rings. The van der Waals surface area contributed by atoms with E-state index in [1.807, 2.05) is 43.3 Å². The Hall–Kier alpha value is -1.03. The molecule has 0 fully saturated rings. The minimum atomic E-state index is -0.561. The van der Waals surface area contributed by atoms with Gasteiger partial charge in [-0.1, -0.05) is 17.7 Å². The molecule has 0 saturated heterocycles. The standard InChI is InChI=1S/C14H14ClNOS/c1-10-5-6-16-13(7-10)14(17)9-18-12-4-2-3-11(15)8-12/h2-8,14,17H,9H2,1H3. The van der Waals surface area contributed by atoms with Crippen molar-refractivity contribution in [3.63, 3.8) is 0 Å². The highest BCUT2D eigenvalue weighted by Crippen LogP contribution is 2.26. The average Bonchev–Trinajstić information content (AvgIpc) is 2.36. The number of halogens is 1. The molecule has 94 valence electrons. The second-order valence-electron chi connectivity index (χ2n) is 4.04. The summed E-state index contributed by atoms with van der Waals surface area (Å²) < 4.78 is 0. The highest BCUT2D eigenvalue weighted by molar-refractivity contribution is 7.99. The van der Waals surface area contributed by atoms with Gasteiger partial charge in [-0.15, -0.1) is 11.8 Å². The average molecular weight is 280 g/mol. The van der Waals surface area contributed by atoms with Crippen molar-refractivity contribution in [2.45, 2.75) is 17.9 Å². The molecular weight excluding hydrogens is 266 g/mol. The molecule has 0 aliphatic carbocycles. The third kappa shape index (κ3) is 3.73. The summed E-state index contributed by atoms with van der Waals surface area (Å²) >= 11 is 7.48. The van der Waals surface area contributed by atoms with Crippen LogP contribution in [0.2, 0.25) is 5.02 Å². The van der Waals surface area contributed by atoms with E-state index in [4.69, 9.17) is 11.6 Å². The number of aryl methyl sites for hydroxylation is 1. The van der Waals surface area contributed by atoms with Crippen LogP contribution in [0, 0.1) is 6.92 Å². The first-order chi connectivity index (χ1) is 8.65. The summed E-state index contributed by atoms with van der Waals surface area (Å²) in [6.07, 6.45) is 1.16. The topological polar surface area (TPSA) is 33.1 Å². The van der Waals surface area contributed by atoms with Crippen LogP contribution >= 0.6 is 23.4 Å². The van der Waals surface area contributed by atoms with Gasteiger partial charge in [0.2, 0.25) is 0 Å². The summed E-state index contributed by atoms with van der Waals surface area (Å²) in [7, 11) is 0. The molecule has 1 aromatic carbocycles. The number of benzene rings is 1. The molecule has 2 rings (SSSR count). The Morgan fingerprint density at radius 1 is 1.33 bits per heavy atom. The Bertz CT molecular complexity index is 533. The Morgan fingerprint density at radius 2 is 2.17 bits per heavy atom. The summed E-state index contributed by atoms with van der Waals surface area (Å²) in [5, 5.41) is 10.8. The van der Waals surface area contributed by atoms with E-state index in [-0.39, 0.29) is 0 Å². The zero-order valence-electron chi connectivity index (χ0n) is 10.0. The molecule has 0 bridgehead atoms. The van der Waals surface area contributed by atoms with E-state index < -0.39 is 6.10 Å². The second-order valence-corrected chi connectivity index (χ2v) is 5.57. The Kier molecular flexibility index (Phi) is 4.64. The molecular formula is C14H14ClNOS. The summed E-state index contributed by atoms with van der Waals surface area (Å²) in [5.74, 6) is 0.566. The number of nitrogens with zero attached hydrogens (tertiary/aromatic N) is 1. The highest BCUT2D eigenvalue weighted by Gasteiger charge is 2.09. The Balaban J connectivity index is 1.98. The normalized spacial score (nSPS) is 12.4. The maximum atomic E-state index is 10.1. The van der Waals surface area contributed by atoms with Crippen molar-refractivity contribution in [2.24, 2.45) is 0 Å². The maximum Gasteiger partial charge on any atom is 0.105 e. The number of rotatable bonds is 4. The van der Waals surface area contributed by atoms with Gasteiger partial charge in [-0.25, -0.2) is 0 Å². The van der Waals surface area contributed by atoms with Crippen molar-refractivity contribution in [3.8, 4) is 0 Å². The van der Waals surface area contributed by atoms with Crippen LogP contribution in [-0.4, -0.2) is 15.8 Å². The van der Waals surface area contributed by atoms with Gasteiger partial charge in [0.25, 0.3) is 0 Å². The number of hydrogen-bond donors (Lipinski definition) is 1. The maximum absolute atomic E-state index is 10.1. The number of aliphatic hydroxyl groups excluding tert-OH is 1. The summed E-state index contributed by atoms with van der Waals surface area (Å²) in [5.41, 5.74) is 1.82. The predicted molar refractivity (Wildman–Crippen MR) is 76.1 cm³/mol. The first kappa shape index (κ1) is 13.4. The minimum Gasteiger partial charge on any atom is -0.386 e. The molecule has 0 spiro atoms. The van der Waals surface area contributed by atoms with Gasteiger partial charge in [0.15, 0.2) is 0 Å². The van der Waals surface area contributed by atoms with Crippen LogP contribution in [0.25, 0.3) is 0 Å². The van der Waals surface area contributed by atoms with Gasteiger partial charge in [0.1, 0.15) is 6.10 Å². The van der Waals surface area contributed by atoms with Crippen molar-refractivity contribution in [1.82, 2.24) is 4.98 Å². The molecule has 1 aromatic heterocycles. The molecule has 0 radical (unpaired) electrons. The Labute approximate surface area is 116 Å². The third-order valence-corrected chi connectivity index (χ3v) is 3.79. The van der Waals surface area contributed by atoms with Crippen LogP contribution in [0.15, 0.2) is 47.5 Å². The number of hydrogen-bond acceptors (Lipinski definition) is 3. The summed E-state index contributed by atoms with van der Waals surface area (Å²) in [6.45, 7) is 1.99. The molecule has 0 aliphatic rings. The van der Waals surface area contributed by atoms with E-state index in [1.54, 1.807) is 18.0 Å². The number of aliphatic hydroxyl groups is 1. The molecule has 1 unspecified atom stereocenters. The first-order valence-electron chi connectivity index (χ1n) is 5.64. The van der Waals surface area contributed by atoms with Gasteiger partial charge in [0, 0.05) is 21.9 Å². The van der Waals surface area contributed by atoms with Gasteiger partial charge in [-0.2, -0.15) is 0 Å². The van der Waals surface area contributed by atoms with E-state index in [9.17, 15) is 5.11 Å². The lowest BCUT2D eigenvalue weighted by Gasteiger charge is -2.10. The van der Waals surface area contributed by atoms with Crippen molar-refractivity contribution in [1.29, 1.82) is 0 Å². The SMILES string of the molecule is Cc1ccnc(C(O)CSc2cccc(Cl)c2)c1. The smallest absolute Gasteiger partial charge is 0.105 e. The first-order valence-corrected chi connectivity index (χ1v) is 7.00. The lowest BCUT2D eigenvalue weighted by atomic mass is 10.2. The van der Waals surface area contributed by atoms with Gasteiger partial charge < -0.3 is 5.11 Å². The molecule has 18 heavy (non-hydrogen) atoms. The number of thioether (sulfide) groups is 1. The fraction of sp³-hybridized carbons (Fsp3) is 0.214. The van der Waals surface area contributed by atoms with Crippen LogP contribution in [0.4, 0.5) is 0 Å². The highest BCUT2D eigenvalue weighted by atomic mass is 35.5. The second kappa shape index (κ2) is 6.23. The van der Waals surface area contributed by atoms with E-state index in [0.29, 0.717) is 16.5 Å². The fourth-order valence-electron chi connectivity index (χ4n) is 1.56. The van der Waals surface area contributed by atoms with Gasteiger partial charge in [-0.3, -0.25) is 4.98 Å². The van der Waals surface area contributed by atoms with E-state index in [2.05, 4.69) is 4.98 Å². The molecule has 1 atom stereocenters. The van der Waals surface area contributed by atoms with E-state index in [1.165, 1.54) is 0 Å². The van der Waals surface area contributed by atoms with Crippen LogP contribution in [-0.2, 0) is 0 Å². The van der Waals surface area contributed by atoms with Crippen LogP contribution in [0.3, 0.4) is 0 Å². The van der Waals surface area contributed by atoms with Crippen molar-refractivity contribution in [2.75, 3.05) is 5.75 Å². The van der Waals surface area contributed by atoms with Crippen LogP contribution in [0.1, 0.15) is 17.4 Å². The minimum absolute atomic E-state index is 0.561. The van der Waals surface area contributed by atoms with Crippen molar-refractivity contribution >= 4 is 23.4 Å². The van der Waals surface area contributed by atoms with Crippen molar-refractivity contribution < 1.29 is 5.11 Å². The van der Waals surface area contributed by atoms with Crippen LogP contribution < -0.4 is 0 Å². The third-order valence-electron chi connectivity index (χ3n) is 2.48. The van der Waals surface area contributed by atoms with Gasteiger partial charge in [0.05, 0.1) is 5.69 Å². The molecule has 0 amide bonds. The molecule has 1 heterocycles. The molecule has 1 N–H and O–H groups in total. The predicted octanol–water partition coefficient (Wildman–Crippen LogP) is 3.87. The Morgan fingerprint density at radius 3 is 2.89 bits per heavy atom. The van der Waals surface area contributed by atoms with Gasteiger partial charge in [-0.05, 0) is 42.8 Å². The zero-order valence-corrected chi connectivity index (χ0v) is 11.6. The lowest BCUT2D eigenvalue weighted by Crippen LogP contribution is -2.03.